The lowest BCUT2D eigenvalue weighted by Crippen LogP contribution is -2.36. The standard InChI is InChI=1S/C17H19FN4O3S/c1-2-22(14-8-9-26(24,25)11-14)16-7-6-15(20-21-16)19-17(23)12-4-3-5-13(18)10-12/h3-7,10,14H,2,8-9,11H2,1H3,(H,19,20,23). The summed E-state index contributed by atoms with van der Waals surface area (Å²) >= 11 is 0. The minimum absolute atomic E-state index is 0.112. The van der Waals surface area contributed by atoms with Crippen molar-refractivity contribution in [3.63, 3.8) is 0 Å². The maximum Gasteiger partial charge on any atom is 0.256 e. The van der Waals surface area contributed by atoms with Crippen molar-refractivity contribution in [1.82, 2.24) is 10.2 Å². The second kappa shape index (κ2) is 7.36. The molecule has 0 saturated carbocycles. The number of benzene rings is 1. The molecular weight excluding hydrogens is 359 g/mol. The first-order chi connectivity index (χ1) is 12.4. The molecule has 1 unspecified atom stereocenters. The summed E-state index contributed by atoms with van der Waals surface area (Å²) in [6.07, 6.45) is 0.565. The summed E-state index contributed by atoms with van der Waals surface area (Å²) < 4.78 is 36.6. The summed E-state index contributed by atoms with van der Waals surface area (Å²) in [5.41, 5.74) is 0.183. The number of carbonyl (C=O) groups excluding carboxylic acids is 1. The van der Waals surface area contributed by atoms with Crippen LogP contribution in [0, 0.1) is 5.82 Å². The van der Waals surface area contributed by atoms with Crippen LogP contribution in [0.2, 0.25) is 0 Å². The predicted molar refractivity (Wildman–Crippen MR) is 96.5 cm³/mol. The molecule has 9 heteroatoms. The van der Waals surface area contributed by atoms with E-state index in [2.05, 4.69) is 15.5 Å². The molecule has 1 amide bonds. The maximum atomic E-state index is 13.2. The van der Waals surface area contributed by atoms with Crippen molar-refractivity contribution < 1.29 is 17.6 Å². The monoisotopic (exact) mass is 378 g/mol. The van der Waals surface area contributed by atoms with Crippen LogP contribution in [-0.4, -0.2) is 48.6 Å². The molecule has 1 atom stereocenters. The molecule has 0 radical (unpaired) electrons. The number of carbonyl (C=O) groups is 1. The first-order valence-electron chi connectivity index (χ1n) is 8.25. The highest BCUT2D eigenvalue weighted by atomic mass is 32.2. The first kappa shape index (κ1) is 18.2. The Morgan fingerprint density at radius 1 is 1.31 bits per heavy atom. The predicted octanol–water partition coefficient (Wildman–Crippen LogP) is 1.88. The van der Waals surface area contributed by atoms with Gasteiger partial charge in [0.15, 0.2) is 21.5 Å². The Balaban J connectivity index is 1.70. The van der Waals surface area contributed by atoms with E-state index in [1.165, 1.54) is 18.2 Å². The Bertz CT molecular complexity index is 902. The van der Waals surface area contributed by atoms with Crippen LogP contribution in [0.4, 0.5) is 16.0 Å². The molecule has 1 saturated heterocycles. The van der Waals surface area contributed by atoms with Gasteiger partial charge in [0, 0.05) is 18.2 Å². The first-order valence-corrected chi connectivity index (χ1v) is 10.1. The zero-order valence-electron chi connectivity index (χ0n) is 14.2. The number of amides is 1. The van der Waals surface area contributed by atoms with E-state index in [9.17, 15) is 17.6 Å². The van der Waals surface area contributed by atoms with E-state index in [0.29, 0.717) is 18.8 Å². The van der Waals surface area contributed by atoms with Gasteiger partial charge in [-0.15, -0.1) is 10.2 Å². The summed E-state index contributed by atoms with van der Waals surface area (Å²) in [4.78, 5) is 14.0. The fourth-order valence-electron chi connectivity index (χ4n) is 2.99. The van der Waals surface area contributed by atoms with Gasteiger partial charge in [0.25, 0.3) is 5.91 Å². The van der Waals surface area contributed by atoms with Crippen molar-refractivity contribution >= 4 is 27.4 Å². The van der Waals surface area contributed by atoms with Crippen LogP contribution in [0.5, 0.6) is 0 Å². The van der Waals surface area contributed by atoms with Gasteiger partial charge in [0.1, 0.15) is 5.82 Å². The van der Waals surface area contributed by atoms with Crippen molar-refractivity contribution in [2.45, 2.75) is 19.4 Å². The Hall–Kier alpha value is -2.55. The van der Waals surface area contributed by atoms with Gasteiger partial charge >= 0.3 is 0 Å². The van der Waals surface area contributed by atoms with Gasteiger partial charge in [-0.05, 0) is 43.7 Å². The number of anilines is 2. The van der Waals surface area contributed by atoms with E-state index < -0.39 is 21.6 Å². The Labute approximate surface area is 151 Å². The SMILES string of the molecule is CCN(c1ccc(NC(=O)c2cccc(F)c2)nn1)C1CCS(=O)(=O)C1. The Kier molecular flexibility index (Phi) is 5.17. The molecule has 0 aliphatic carbocycles. The van der Waals surface area contributed by atoms with Crippen LogP contribution in [0.1, 0.15) is 23.7 Å². The molecule has 3 rings (SSSR count). The molecule has 7 nitrogen and oxygen atoms in total. The number of rotatable bonds is 5. The molecule has 0 spiro atoms. The zero-order chi connectivity index (χ0) is 18.7. The van der Waals surface area contributed by atoms with Crippen LogP contribution >= 0.6 is 0 Å². The van der Waals surface area contributed by atoms with Crippen molar-refractivity contribution in [3.8, 4) is 0 Å². The Morgan fingerprint density at radius 3 is 2.69 bits per heavy atom. The van der Waals surface area contributed by atoms with Gasteiger partial charge in [-0.2, -0.15) is 0 Å². The summed E-state index contributed by atoms with van der Waals surface area (Å²) in [7, 11) is -2.99. The summed E-state index contributed by atoms with van der Waals surface area (Å²) in [5, 5.41) is 10.6. The third kappa shape index (κ3) is 4.16. The zero-order valence-corrected chi connectivity index (χ0v) is 15.0. The van der Waals surface area contributed by atoms with Crippen molar-refractivity contribution in [2.24, 2.45) is 0 Å². The van der Waals surface area contributed by atoms with Gasteiger partial charge < -0.3 is 10.2 Å². The normalized spacial score (nSPS) is 18.5. The number of nitrogens with one attached hydrogen (secondary N) is 1. The average molecular weight is 378 g/mol. The van der Waals surface area contributed by atoms with Gasteiger partial charge in [-0.3, -0.25) is 4.79 Å². The molecule has 1 aromatic carbocycles. The average Bonchev–Trinajstić information content (AvgIpc) is 2.96. The molecule has 1 N–H and O–H groups in total. The lowest BCUT2D eigenvalue weighted by molar-refractivity contribution is 0.102. The maximum absolute atomic E-state index is 13.2. The highest BCUT2D eigenvalue weighted by molar-refractivity contribution is 7.91. The van der Waals surface area contributed by atoms with Crippen LogP contribution in [0.3, 0.4) is 0 Å². The molecule has 2 heterocycles. The van der Waals surface area contributed by atoms with Gasteiger partial charge in [-0.1, -0.05) is 6.07 Å². The molecule has 0 bridgehead atoms. The lowest BCUT2D eigenvalue weighted by Gasteiger charge is -2.27. The Morgan fingerprint density at radius 2 is 2.12 bits per heavy atom. The number of hydrogen-bond acceptors (Lipinski definition) is 6. The molecule has 1 fully saturated rings. The largest absolute Gasteiger partial charge is 0.351 e. The minimum Gasteiger partial charge on any atom is -0.351 e. The van der Waals surface area contributed by atoms with E-state index in [0.717, 1.165) is 6.07 Å². The fourth-order valence-corrected chi connectivity index (χ4v) is 4.72. The smallest absolute Gasteiger partial charge is 0.256 e. The lowest BCUT2D eigenvalue weighted by atomic mass is 10.2. The summed E-state index contributed by atoms with van der Waals surface area (Å²) in [6, 6.07) is 8.50. The summed E-state index contributed by atoms with van der Waals surface area (Å²) in [6.45, 7) is 2.52. The molecule has 2 aromatic rings. The second-order valence-electron chi connectivity index (χ2n) is 6.08. The molecule has 138 valence electrons. The number of nitrogens with zero attached hydrogens (tertiary/aromatic N) is 3. The summed E-state index contributed by atoms with van der Waals surface area (Å²) in [5.74, 6) is 0.102. The number of sulfone groups is 1. The number of aromatic nitrogens is 2. The van der Waals surface area contributed by atoms with Crippen LogP contribution < -0.4 is 10.2 Å². The quantitative estimate of drug-likeness (QED) is 0.854. The van der Waals surface area contributed by atoms with Gasteiger partial charge in [0.2, 0.25) is 0 Å². The van der Waals surface area contributed by atoms with Crippen molar-refractivity contribution in [3.05, 3.63) is 47.8 Å². The second-order valence-corrected chi connectivity index (χ2v) is 8.31. The number of halogens is 1. The van der Waals surface area contributed by atoms with Crippen molar-refractivity contribution in [2.75, 3.05) is 28.3 Å². The third-order valence-corrected chi connectivity index (χ3v) is 6.01. The molecule has 1 aliphatic rings. The molecule has 1 aromatic heterocycles. The van der Waals surface area contributed by atoms with Gasteiger partial charge in [0.05, 0.1) is 11.5 Å². The minimum atomic E-state index is -2.99. The highest BCUT2D eigenvalue weighted by Gasteiger charge is 2.32. The third-order valence-electron chi connectivity index (χ3n) is 4.26. The topological polar surface area (TPSA) is 92.3 Å². The van der Waals surface area contributed by atoms with Crippen LogP contribution in [0.25, 0.3) is 0 Å². The molecular formula is C17H19FN4O3S. The van der Waals surface area contributed by atoms with E-state index in [4.69, 9.17) is 0 Å². The van der Waals surface area contributed by atoms with Crippen molar-refractivity contribution in [1.29, 1.82) is 0 Å². The highest BCUT2D eigenvalue weighted by Crippen LogP contribution is 2.23. The van der Waals surface area contributed by atoms with Crippen LogP contribution in [-0.2, 0) is 9.84 Å². The van der Waals surface area contributed by atoms with Gasteiger partial charge in [-0.25, -0.2) is 12.8 Å². The van der Waals surface area contributed by atoms with E-state index >= 15 is 0 Å². The van der Waals surface area contributed by atoms with E-state index in [1.807, 2.05) is 11.8 Å². The van der Waals surface area contributed by atoms with E-state index in [-0.39, 0.29) is 28.9 Å². The molecule has 26 heavy (non-hydrogen) atoms. The number of hydrogen-bond donors (Lipinski definition) is 1. The van der Waals surface area contributed by atoms with Crippen LogP contribution in [0.15, 0.2) is 36.4 Å². The van der Waals surface area contributed by atoms with E-state index in [1.54, 1.807) is 12.1 Å². The molecule has 1 aliphatic heterocycles. The fraction of sp³-hybridized carbons (Fsp3) is 0.353.